The molecule has 0 spiro atoms. The van der Waals surface area contributed by atoms with Crippen LogP contribution in [0.3, 0.4) is 0 Å². The fraction of sp³-hybridized carbons (Fsp3) is 0.389. The van der Waals surface area contributed by atoms with E-state index in [0.717, 1.165) is 43.0 Å². The summed E-state index contributed by atoms with van der Waals surface area (Å²) in [4.78, 5) is 16.6. The van der Waals surface area contributed by atoms with E-state index in [9.17, 15) is 4.79 Å². The molecule has 2 heterocycles. The van der Waals surface area contributed by atoms with Crippen molar-refractivity contribution in [3.05, 3.63) is 51.7 Å². The lowest BCUT2D eigenvalue weighted by Crippen LogP contribution is -2.44. The maximum Gasteiger partial charge on any atom is 0.261 e. The molecule has 0 radical (unpaired) electrons. The fourth-order valence-electron chi connectivity index (χ4n) is 3.00. The molecule has 5 heteroatoms. The van der Waals surface area contributed by atoms with Crippen LogP contribution in [-0.4, -0.2) is 29.9 Å². The van der Waals surface area contributed by atoms with Crippen LogP contribution in [0.1, 0.15) is 33.0 Å². The molecule has 2 aromatic rings. The van der Waals surface area contributed by atoms with Crippen molar-refractivity contribution in [2.45, 2.75) is 32.4 Å². The number of thiophene rings is 1. The first-order valence-electron chi connectivity index (χ1n) is 8.04. The molecule has 0 atom stereocenters. The van der Waals surface area contributed by atoms with Crippen LogP contribution in [-0.2, 0) is 6.54 Å². The molecule has 3 rings (SSSR count). The maximum atomic E-state index is 12.2. The number of benzene rings is 1. The molecule has 0 saturated carbocycles. The number of nitrogens with one attached hydrogen (secondary N) is 1. The Bertz CT molecular complexity index is 674. The third-order valence-electron chi connectivity index (χ3n) is 4.24. The number of anilines is 1. The number of piperidine rings is 1. The third-order valence-corrected chi connectivity index (χ3v) is 5.24. The molecule has 1 aromatic carbocycles. The number of aryl methyl sites for hydroxylation is 1. The van der Waals surface area contributed by atoms with Crippen LogP contribution < -0.4 is 11.1 Å². The quantitative estimate of drug-likeness (QED) is 0.848. The van der Waals surface area contributed by atoms with Gasteiger partial charge < -0.3 is 11.1 Å². The van der Waals surface area contributed by atoms with Crippen molar-refractivity contribution in [1.82, 2.24) is 10.2 Å². The maximum absolute atomic E-state index is 12.2. The van der Waals surface area contributed by atoms with Gasteiger partial charge in [-0.25, -0.2) is 0 Å². The summed E-state index contributed by atoms with van der Waals surface area (Å²) < 4.78 is 0. The van der Waals surface area contributed by atoms with E-state index in [1.807, 2.05) is 37.3 Å². The van der Waals surface area contributed by atoms with Crippen LogP contribution in [0.5, 0.6) is 0 Å². The first kappa shape index (κ1) is 16.0. The highest BCUT2D eigenvalue weighted by atomic mass is 32.1. The number of carbonyl (C=O) groups excluding carboxylic acids is 1. The second-order valence-electron chi connectivity index (χ2n) is 6.18. The van der Waals surface area contributed by atoms with Crippen molar-refractivity contribution >= 4 is 22.9 Å². The smallest absolute Gasteiger partial charge is 0.261 e. The van der Waals surface area contributed by atoms with E-state index in [1.54, 1.807) is 11.3 Å². The highest BCUT2D eigenvalue weighted by molar-refractivity contribution is 7.13. The van der Waals surface area contributed by atoms with Crippen molar-refractivity contribution in [3.8, 4) is 0 Å². The minimum atomic E-state index is 0.0670. The first-order chi connectivity index (χ1) is 11.1. The molecule has 1 amide bonds. The Balaban J connectivity index is 1.47. The third kappa shape index (κ3) is 4.33. The van der Waals surface area contributed by atoms with E-state index in [-0.39, 0.29) is 11.9 Å². The number of hydrogen-bond donors (Lipinski definition) is 2. The van der Waals surface area contributed by atoms with Gasteiger partial charge in [-0.1, -0.05) is 12.1 Å². The zero-order valence-corrected chi connectivity index (χ0v) is 14.2. The number of hydrogen-bond acceptors (Lipinski definition) is 4. The van der Waals surface area contributed by atoms with Crippen LogP contribution in [0.4, 0.5) is 5.69 Å². The van der Waals surface area contributed by atoms with E-state index >= 15 is 0 Å². The standard InChI is InChI=1S/C18H23N3OS/c1-13-5-6-17(23-13)18(22)20-16-7-9-21(10-8-16)12-14-3-2-4-15(19)11-14/h2-6,11,16H,7-10,12,19H2,1H3,(H,20,22). The summed E-state index contributed by atoms with van der Waals surface area (Å²) >= 11 is 1.55. The minimum Gasteiger partial charge on any atom is -0.399 e. The molecule has 0 aliphatic carbocycles. The second-order valence-corrected chi connectivity index (χ2v) is 7.47. The molecule has 0 unspecified atom stereocenters. The summed E-state index contributed by atoms with van der Waals surface area (Å²) in [5.41, 5.74) is 7.90. The van der Waals surface area contributed by atoms with E-state index in [0.29, 0.717) is 0 Å². The van der Waals surface area contributed by atoms with Gasteiger partial charge in [-0.05, 0) is 49.6 Å². The number of amides is 1. The highest BCUT2D eigenvalue weighted by Gasteiger charge is 2.21. The SMILES string of the molecule is Cc1ccc(C(=O)NC2CCN(Cc3cccc(N)c3)CC2)s1. The molecule has 1 aliphatic heterocycles. The molecule has 122 valence electrons. The van der Waals surface area contributed by atoms with Gasteiger partial charge >= 0.3 is 0 Å². The molecule has 1 fully saturated rings. The van der Waals surface area contributed by atoms with E-state index in [1.165, 1.54) is 10.4 Å². The Morgan fingerprint density at radius 1 is 1.30 bits per heavy atom. The molecule has 3 N–H and O–H groups in total. The Morgan fingerprint density at radius 2 is 2.09 bits per heavy atom. The Kier molecular flexibility index (Phi) is 4.98. The Labute approximate surface area is 141 Å². The van der Waals surface area contributed by atoms with Gasteiger partial charge in [0.2, 0.25) is 0 Å². The lowest BCUT2D eigenvalue weighted by Gasteiger charge is -2.32. The zero-order chi connectivity index (χ0) is 16.2. The fourth-order valence-corrected chi connectivity index (χ4v) is 3.77. The predicted molar refractivity (Wildman–Crippen MR) is 95.7 cm³/mol. The molecular formula is C18H23N3OS. The highest BCUT2D eigenvalue weighted by Crippen LogP contribution is 2.18. The predicted octanol–water partition coefficient (Wildman–Crippen LogP) is 3.03. The van der Waals surface area contributed by atoms with Crippen LogP contribution in [0.25, 0.3) is 0 Å². The molecule has 0 bridgehead atoms. The number of likely N-dealkylation sites (tertiary alicyclic amines) is 1. The lowest BCUT2D eigenvalue weighted by atomic mass is 10.0. The van der Waals surface area contributed by atoms with Crippen LogP contribution >= 0.6 is 11.3 Å². The first-order valence-corrected chi connectivity index (χ1v) is 8.86. The van der Waals surface area contributed by atoms with Crippen molar-refractivity contribution in [2.24, 2.45) is 0 Å². The second kappa shape index (κ2) is 7.15. The largest absolute Gasteiger partial charge is 0.399 e. The summed E-state index contributed by atoms with van der Waals surface area (Å²) in [6, 6.07) is 12.2. The molecular weight excluding hydrogens is 306 g/mol. The summed E-state index contributed by atoms with van der Waals surface area (Å²) in [7, 11) is 0. The average molecular weight is 329 g/mol. The van der Waals surface area contributed by atoms with Crippen molar-refractivity contribution in [3.63, 3.8) is 0 Å². The zero-order valence-electron chi connectivity index (χ0n) is 13.4. The van der Waals surface area contributed by atoms with Gasteiger partial charge in [-0.2, -0.15) is 0 Å². The molecule has 1 aliphatic rings. The number of carbonyl (C=O) groups is 1. The summed E-state index contributed by atoms with van der Waals surface area (Å²) in [6.07, 6.45) is 2.00. The van der Waals surface area contributed by atoms with Crippen LogP contribution in [0.2, 0.25) is 0 Å². The number of nitrogens with two attached hydrogens (primary N) is 1. The summed E-state index contributed by atoms with van der Waals surface area (Å²) in [5.74, 6) is 0.0670. The molecule has 4 nitrogen and oxygen atoms in total. The summed E-state index contributed by atoms with van der Waals surface area (Å²) in [6.45, 7) is 4.96. The van der Waals surface area contributed by atoms with Gasteiger partial charge in [0.05, 0.1) is 4.88 Å². The topological polar surface area (TPSA) is 58.4 Å². The molecule has 1 saturated heterocycles. The molecule has 23 heavy (non-hydrogen) atoms. The lowest BCUT2D eigenvalue weighted by molar-refractivity contribution is 0.0913. The van der Waals surface area contributed by atoms with Gasteiger partial charge in [-0.3, -0.25) is 9.69 Å². The van der Waals surface area contributed by atoms with E-state index in [2.05, 4.69) is 16.3 Å². The minimum absolute atomic E-state index is 0.0670. The van der Waals surface area contributed by atoms with Gasteiger partial charge in [-0.15, -0.1) is 11.3 Å². The van der Waals surface area contributed by atoms with Gasteiger partial charge in [0, 0.05) is 36.2 Å². The van der Waals surface area contributed by atoms with Crippen LogP contribution in [0, 0.1) is 6.92 Å². The molecule has 1 aromatic heterocycles. The normalized spacial score (nSPS) is 16.4. The van der Waals surface area contributed by atoms with E-state index < -0.39 is 0 Å². The number of nitrogen functional groups attached to an aromatic ring is 1. The van der Waals surface area contributed by atoms with E-state index in [4.69, 9.17) is 5.73 Å². The van der Waals surface area contributed by atoms with Gasteiger partial charge in [0.15, 0.2) is 0 Å². The van der Waals surface area contributed by atoms with Gasteiger partial charge in [0.1, 0.15) is 0 Å². The van der Waals surface area contributed by atoms with Crippen molar-refractivity contribution in [1.29, 1.82) is 0 Å². The monoisotopic (exact) mass is 329 g/mol. The Hall–Kier alpha value is -1.85. The van der Waals surface area contributed by atoms with Crippen LogP contribution in [0.15, 0.2) is 36.4 Å². The van der Waals surface area contributed by atoms with Crippen molar-refractivity contribution < 1.29 is 4.79 Å². The summed E-state index contributed by atoms with van der Waals surface area (Å²) in [5, 5.41) is 3.17. The van der Waals surface area contributed by atoms with Crippen molar-refractivity contribution in [2.75, 3.05) is 18.8 Å². The average Bonchev–Trinajstić information content (AvgIpc) is 2.96. The number of rotatable bonds is 4. The Morgan fingerprint density at radius 3 is 2.74 bits per heavy atom. The number of nitrogens with zero attached hydrogens (tertiary/aromatic N) is 1. The van der Waals surface area contributed by atoms with Gasteiger partial charge in [0.25, 0.3) is 5.91 Å².